The molecular weight excluding hydrogens is 990 g/mol. The number of nitrogens with zero attached hydrogens (tertiary/aromatic N) is 1. The molecule has 0 aliphatic heterocycles. The number of esters is 2. The molecule has 2 unspecified atom stereocenters. The van der Waals surface area contributed by atoms with Crippen molar-refractivity contribution in [2.75, 3.05) is 47.5 Å². The highest BCUT2D eigenvalue weighted by molar-refractivity contribution is 7.45. The molecule has 10 heteroatoms. The summed E-state index contributed by atoms with van der Waals surface area (Å²) in [4.78, 5) is 38.0. The number of quaternary nitrogens is 1. The Morgan fingerprint density at radius 2 is 0.731 bits per heavy atom. The summed E-state index contributed by atoms with van der Waals surface area (Å²) in [6.07, 6.45) is 79.3. The fraction of sp³-hybridized carbons (Fsp3) is 0.765. The average Bonchev–Trinajstić information content (AvgIpc) is 3.41. The molecule has 0 heterocycles. The van der Waals surface area contributed by atoms with Crippen LogP contribution in [0.1, 0.15) is 284 Å². The minimum Gasteiger partial charge on any atom is -0.756 e. The van der Waals surface area contributed by atoms with Crippen LogP contribution in [-0.4, -0.2) is 70.0 Å². The minimum absolute atomic E-state index is 0.0318. The fourth-order valence-electron chi connectivity index (χ4n) is 8.99. The van der Waals surface area contributed by atoms with Crippen LogP contribution in [0.4, 0.5) is 0 Å². The average molecular weight is 1110 g/mol. The van der Waals surface area contributed by atoms with Gasteiger partial charge in [-0.1, -0.05) is 285 Å². The van der Waals surface area contributed by atoms with Crippen LogP contribution in [0.2, 0.25) is 0 Å². The lowest BCUT2D eigenvalue weighted by atomic mass is 10.0. The summed E-state index contributed by atoms with van der Waals surface area (Å²) in [7, 11) is 1.17. The summed E-state index contributed by atoms with van der Waals surface area (Å²) in [5.74, 6) is -0.825. The van der Waals surface area contributed by atoms with Gasteiger partial charge in [0, 0.05) is 12.8 Å². The first-order chi connectivity index (χ1) is 38.0. The second-order valence-electron chi connectivity index (χ2n) is 22.8. The molecule has 0 saturated carbocycles. The van der Waals surface area contributed by atoms with Crippen molar-refractivity contribution in [3.63, 3.8) is 0 Å². The number of hydrogen-bond donors (Lipinski definition) is 0. The molecule has 0 N–H and O–H groups in total. The van der Waals surface area contributed by atoms with E-state index in [1.165, 1.54) is 167 Å². The maximum atomic E-state index is 12.8. The Labute approximate surface area is 481 Å². The van der Waals surface area contributed by atoms with Gasteiger partial charge in [0.25, 0.3) is 7.82 Å². The Balaban J connectivity index is 4.07. The van der Waals surface area contributed by atoms with Gasteiger partial charge in [0.1, 0.15) is 19.8 Å². The van der Waals surface area contributed by atoms with E-state index in [-0.39, 0.29) is 32.0 Å². The van der Waals surface area contributed by atoms with Gasteiger partial charge in [0.2, 0.25) is 0 Å². The predicted molar refractivity (Wildman–Crippen MR) is 332 cm³/mol. The third-order valence-corrected chi connectivity index (χ3v) is 14.9. The lowest BCUT2D eigenvalue weighted by Crippen LogP contribution is -2.37. The summed E-state index contributed by atoms with van der Waals surface area (Å²) in [6, 6.07) is 0. The molecule has 9 nitrogen and oxygen atoms in total. The first-order valence-corrected chi connectivity index (χ1v) is 33.8. The summed E-state index contributed by atoms with van der Waals surface area (Å²) >= 11 is 0. The fourth-order valence-corrected chi connectivity index (χ4v) is 9.72. The van der Waals surface area contributed by atoms with E-state index in [1.807, 2.05) is 21.1 Å². The first kappa shape index (κ1) is 75.2. The lowest BCUT2D eigenvalue weighted by Gasteiger charge is -2.28. The van der Waals surface area contributed by atoms with Crippen LogP contribution in [0.3, 0.4) is 0 Å². The molecule has 0 aliphatic carbocycles. The van der Waals surface area contributed by atoms with Gasteiger partial charge in [-0.2, -0.15) is 0 Å². The second kappa shape index (κ2) is 58.8. The SMILES string of the molecule is CC/C=C\C/C=C\C/C=C\C/C=C\C/C=C\C/C=C\C/C=C\CCCCCCCCCCCCCCCC(=O)OC(COC(=O)CCCCCCCCCCCCCCCCCCCCC)COP(=O)([O-])OCC[N+](C)(C)C. The molecule has 0 saturated heterocycles. The molecule has 0 fully saturated rings. The van der Waals surface area contributed by atoms with Crippen molar-refractivity contribution in [3.8, 4) is 0 Å². The van der Waals surface area contributed by atoms with E-state index in [1.54, 1.807) is 0 Å². The van der Waals surface area contributed by atoms with Crippen LogP contribution >= 0.6 is 7.82 Å². The molecule has 0 aliphatic rings. The predicted octanol–water partition coefficient (Wildman–Crippen LogP) is 20.0. The van der Waals surface area contributed by atoms with Crippen LogP contribution < -0.4 is 4.89 Å². The molecule has 2 atom stereocenters. The maximum absolute atomic E-state index is 12.8. The van der Waals surface area contributed by atoms with Crippen molar-refractivity contribution in [2.45, 2.75) is 290 Å². The van der Waals surface area contributed by atoms with Crippen molar-refractivity contribution in [2.24, 2.45) is 0 Å². The largest absolute Gasteiger partial charge is 0.756 e. The smallest absolute Gasteiger partial charge is 0.306 e. The summed E-state index contributed by atoms with van der Waals surface area (Å²) in [5.41, 5.74) is 0. The molecule has 0 radical (unpaired) electrons. The third kappa shape index (κ3) is 62.4. The van der Waals surface area contributed by atoms with Gasteiger partial charge in [-0.05, 0) is 70.6 Å². The monoisotopic (exact) mass is 1110 g/mol. The molecule has 78 heavy (non-hydrogen) atoms. The number of phosphoric ester groups is 1. The Bertz CT molecular complexity index is 1590. The van der Waals surface area contributed by atoms with Crippen molar-refractivity contribution in [1.29, 1.82) is 0 Å². The van der Waals surface area contributed by atoms with Crippen molar-refractivity contribution in [3.05, 3.63) is 85.1 Å². The van der Waals surface area contributed by atoms with E-state index in [4.69, 9.17) is 18.5 Å². The molecule has 0 aromatic rings. The van der Waals surface area contributed by atoms with Crippen LogP contribution in [-0.2, 0) is 32.7 Å². The quantitative estimate of drug-likeness (QED) is 0.0195. The number of likely N-dealkylation sites (N-methyl/N-ethyl adjacent to an activating group) is 1. The number of rotatable bonds is 59. The Kier molecular flexibility index (Phi) is 56.7. The van der Waals surface area contributed by atoms with Crippen LogP contribution in [0.25, 0.3) is 0 Å². The number of phosphoric acid groups is 1. The topological polar surface area (TPSA) is 111 Å². The van der Waals surface area contributed by atoms with E-state index >= 15 is 0 Å². The number of carbonyl (C=O) groups excluding carboxylic acids is 2. The molecule has 0 rings (SSSR count). The van der Waals surface area contributed by atoms with E-state index in [2.05, 4.69) is 98.9 Å². The summed E-state index contributed by atoms with van der Waals surface area (Å²) in [5, 5.41) is 0. The standard InChI is InChI=1S/C68H122NO8P/c1-6-8-10-12-14-16-18-20-22-24-26-27-28-29-30-31-32-33-34-35-36-37-38-39-40-41-43-45-47-49-51-53-55-57-59-61-68(71)77-66(65-76-78(72,73)75-63-62-69(3,4)5)64-74-67(70)60-58-56-54-52-50-48-46-44-42-25-23-21-19-17-15-13-11-9-7-2/h8,10,14,16,20,22,26-27,29-30,32-33,35-36,66H,6-7,9,11-13,15,17-19,21,23-25,28,31,34,37-65H2,1-5H3/b10-8-,16-14-,22-20-,27-26-,30-29-,33-32-,36-35-. The molecular formula is C68H122NO8P. The van der Waals surface area contributed by atoms with Crippen molar-refractivity contribution < 1.29 is 42.1 Å². The molecule has 0 bridgehead atoms. The lowest BCUT2D eigenvalue weighted by molar-refractivity contribution is -0.870. The zero-order chi connectivity index (χ0) is 57.0. The number of unbranched alkanes of at least 4 members (excludes halogenated alkanes) is 31. The molecule has 0 amide bonds. The summed E-state index contributed by atoms with van der Waals surface area (Å²) in [6.45, 7) is 4.16. The summed E-state index contributed by atoms with van der Waals surface area (Å²) < 4.78 is 34.2. The molecule has 0 aromatic carbocycles. The van der Waals surface area contributed by atoms with E-state index in [9.17, 15) is 19.0 Å². The van der Waals surface area contributed by atoms with E-state index in [0.717, 1.165) is 83.5 Å². The number of carbonyl (C=O) groups is 2. The minimum atomic E-state index is -4.64. The number of allylic oxidation sites excluding steroid dienone is 14. The van der Waals surface area contributed by atoms with Crippen molar-refractivity contribution in [1.82, 2.24) is 0 Å². The van der Waals surface area contributed by atoms with Gasteiger partial charge in [-0.15, -0.1) is 0 Å². The first-order valence-electron chi connectivity index (χ1n) is 32.3. The van der Waals surface area contributed by atoms with Crippen molar-refractivity contribution >= 4 is 19.8 Å². The van der Waals surface area contributed by atoms with E-state index in [0.29, 0.717) is 17.4 Å². The van der Waals surface area contributed by atoms with E-state index < -0.39 is 26.5 Å². The van der Waals surface area contributed by atoms with Crippen LogP contribution in [0.5, 0.6) is 0 Å². The normalized spacial score (nSPS) is 13.8. The van der Waals surface area contributed by atoms with Crippen LogP contribution in [0.15, 0.2) is 85.1 Å². The molecule has 0 aromatic heterocycles. The van der Waals surface area contributed by atoms with Gasteiger partial charge in [-0.25, -0.2) is 0 Å². The highest BCUT2D eigenvalue weighted by Gasteiger charge is 2.22. The van der Waals surface area contributed by atoms with Gasteiger partial charge in [0.05, 0.1) is 27.7 Å². The Hall–Kier alpha value is -2.81. The molecule has 452 valence electrons. The highest BCUT2D eigenvalue weighted by atomic mass is 31.2. The Morgan fingerprint density at radius 1 is 0.410 bits per heavy atom. The maximum Gasteiger partial charge on any atom is 0.306 e. The zero-order valence-corrected chi connectivity index (χ0v) is 52.2. The van der Waals surface area contributed by atoms with Gasteiger partial charge in [0.15, 0.2) is 6.10 Å². The Morgan fingerprint density at radius 3 is 1.09 bits per heavy atom. The zero-order valence-electron chi connectivity index (χ0n) is 51.3. The molecule has 0 spiro atoms. The van der Waals surface area contributed by atoms with Crippen LogP contribution in [0, 0.1) is 0 Å². The van der Waals surface area contributed by atoms with Gasteiger partial charge >= 0.3 is 11.9 Å². The number of hydrogen-bond acceptors (Lipinski definition) is 8. The van der Waals surface area contributed by atoms with Gasteiger partial charge < -0.3 is 27.9 Å². The third-order valence-electron chi connectivity index (χ3n) is 13.9. The van der Waals surface area contributed by atoms with Gasteiger partial charge in [-0.3, -0.25) is 14.2 Å². The highest BCUT2D eigenvalue weighted by Crippen LogP contribution is 2.38. The number of ether oxygens (including phenoxy) is 2. The second-order valence-corrected chi connectivity index (χ2v) is 24.2.